The van der Waals surface area contributed by atoms with Crippen molar-refractivity contribution < 1.29 is 80.2 Å². The SMILES string of the molecule is CCCCCCCCCCCCCCCCCCCCCCC(=O)O[C@H](COC(=O)CCCCCCCCCCCCCCCCCCCC)COP(=O)(O)OC[C@@H](O)COP(=O)(O)OC[C@@H](COC(=O)CCCCCCCCCCCC(C)C)OC(=O)CCCCCCCCCCCCCCCCC(C)C. The summed E-state index contributed by atoms with van der Waals surface area (Å²) in [5.41, 5.74) is 0. The third-order valence-corrected chi connectivity index (χ3v) is 22.6. The van der Waals surface area contributed by atoms with Gasteiger partial charge in [-0.25, -0.2) is 9.13 Å². The van der Waals surface area contributed by atoms with Gasteiger partial charge in [-0.3, -0.25) is 37.3 Å². The molecular formula is C88H172O17P2. The van der Waals surface area contributed by atoms with Gasteiger partial charge in [0.15, 0.2) is 12.2 Å². The molecule has 0 aromatic rings. The van der Waals surface area contributed by atoms with Crippen LogP contribution in [0.3, 0.4) is 0 Å². The summed E-state index contributed by atoms with van der Waals surface area (Å²) in [4.78, 5) is 73.3. The van der Waals surface area contributed by atoms with Crippen molar-refractivity contribution in [3.63, 3.8) is 0 Å². The van der Waals surface area contributed by atoms with Crippen molar-refractivity contribution in [1.82, 2.24) is 0 Å². The van der Waals surface area contributed by atoms with Gasteiger partial charge in [-0.05, 0) is 37.5 Å². The molecule has 0 spiro atoms. The van der Waals surface area contributed by atoms with Crippen LogP contribution in [0.2, 0.25) is 0 Å². The minimum Gasteiger partial charge on any atom is -0.462 e. The monoisotopic (exact) mass is 1560 g/mol. The molecule has 0 heterocycles. The summed E-state index contributed by atoms with van der Waals surface area (Å²) in [5.74, 6) is -0.560. The molecule has 0 amide bonds. The van der Waals surface area contributed by atoms with E-state index in [9.17, 15) is 43.2 Å². The second-order valence-electron chi connectivity index (χ2n) is 32.6. The highest BCUT2D eigenvalue weighted by Crippen LogP contribution is 2.45. The summed E-state index contributed by atoms with van der Waals surface area (Å²) in [5, 5.41) is 10.7. The van der Waals surface area contributed by atoms with E-state index >= 15 is 0 Å². The van der Waals surface area contributed by atoms with Crippen LogP contribution >= 0.6 is 15.6 Å². The summed E-state index contributed by atoms with van der Waals surface area (Å²) >= 11 is 0. The average Bonchev–Trinajstić information content (AvgIpc) is 0.909. The van der Waals surface area contributed by atoms with Crippen molar-refractivity contribution in [3.05, 3.63) is 0 Å². The number of hydrogen-bond donors (Lipinski definition) is 3. The van der Waals surface area contributed by atoms with Gasteiger partial charge < -0.3 is 33.8 Å². The van der Waals surface area contributed by atoms with E-state index in [1.807, 2.05) is 0 Å². The van der Waals surface area contributed by atoms with E-state index in [-0.39, 0.29) is 25.7 Å². The van der Waals surface area contributed by atoms with E-state index in [1.54, 1.807) is 0 Å². The van der Waals surface area contributed by atoms with Gasteiger partial charge in [0.05, 0.1) is 26.4 Å². The maximum atomic E-state index is 13.2. The highest BCUT2D eigenvalue weighted by atomic mass is 31.2. The first-order chi connectivity index (χ1) is 51.9. The van der Waals surface area contributed by atoms with Gasteiger partial charge in [-0.2, -0.15) is 0 Å². The normalized spacial score (nSPS) is 13.8. The van der Waals surface area contributed by atoms with Gasteiger partial charge in [0.2, 0.25) is 0 Å². The highest BCUT2D eigenvalue weighted by molar-refractivity contribution is 7.47. The Morgan fingerprint density at radius 1 is 0.252 bits per heavy atom. The summed E-state index contributed by atoms with van der Waals surface area (Å²) in [6.07, 6.45) is 72.2. The number of carbonyl (C=O) groups excluding carboxylic acids is 4. The van der Waals surface area contributed by atoms with Gasteiger partial charge >= 0.3 is 39.5 Å². The molecule has 0 rings (SSSR count). The molecule has 0 bridgehead atoms. The maximum absolute atomic E-state index is 13.2. The van der Waals surface area contributed by atoms with E-state index in [1.165, 1.54) is 289 Å². The summed E-state index contributed by atoms with van der Waals surface area (Å²) in [6, 6.07) is 0. The lowest BCUT2D eigenvalue weighted by molar-refractivity contribution is -0.161. The fourth-order valence-corrected chi connectivity index (χ4v) is 15.4. The summed E-state index contributed by atoms with van der Waals surface area (Å²) in [6.45, 7) is 9.69. The molecule has 19 heteroatoms. The van der Waals surface area contributed by atoms with E-state index < -0.39 is 97.5 Å². The first-order valence-corrected chi connectivity index (χ1v) is 48.5. The first-order valence-electron chi connectivity index (χ1n) is 45.5. The van der Waals surface area contributed by atoms with E-state index in [0.717, 1.165) is 102 Å². The molecule has 107 heavy (non-hydrogen) atoms. The number of aliphatic hydroxyl groups is 1. The number of phosphoric acid groups is 2. The lowest BCUT2D eigenvalue weighted by Crippen LogP contribution is -2.30. The number of esters is 4. The molecule has 636 valence electrons. The average molecular weight is 1560 g/mol. The molecule has 0 saturated heterocycles. The molecule has 5 atom stereocenters. The van der Waals surface area contributed by atoms with Gasteiger partial charge in [0.1, 0.15) is 19.3 Å². The third-order valence-electron chi connectivity index (χ3n) is 20.7. The number of rotatable bonds is 87. The molecular weight excluding hydrogens is 1390 g/mol. The largest absolute Gasteiger partial charge is 0.472 e. The number of phosphoric ester groups is 2. The summed E-state index contributed by atoms with van der Waals surface area (Å²) in [7, 11) is -9.93. The Labute approximate surface area is 658 Å². The van der Waals surface area contributed by atoms with Crippen LogP contribution in [0.4, 0.5) is 0 Å². The van der Waals surface area contributed by atoms with Gasteiger partial charge in [0, 0.05) is 25.7 Å². The quantitative estimate of drug-likeness (QED) is 0.0222. The fourth-order valence-electron chi connectivity index (χ4n) is 13.8. The molecule has 0 aliphatic rings. The third kappa shape index (κ3) is 81.9. The van der Waals surface area contributed by atoms with Crippen molar-refractivity contribution in [2.45, 2.75) is 490 Å². The van der Waals surface area contributed by atoms with E-state index in [2.05, 4.69) is 41.5 Å². The summed E-state index contributed by atoms with van der Waals surface area (Å²) < 4.78 is 69.0. The zero-order valence-corrected chi connectivity index (χ0v) is 72.2. The Morgan fingerprint density at radius 2 is 0.430 bits per heavy atom. The first kappa shape index (κ1) is 105. The number of unbranched alkanes of at least 4 members (excludes halogenated alkanes) is 57. The molecule has 0 radical (unpaired) electrons. The van der Waals surface area contributed by atoms with E-state index in [0.29, 0.717) is 25.7 Å². The van der Waals surface area contributed by atoms with Crippen LogP contribution in [-0.4, -0.2) is 96.7 Å². The lowest BCUT2D eigenvalue weighted by Gasteiger charge is -2.21. The Morgan fingerprint density at radius 3 is 0.636 bits per heavy atom. The molecule has 3 N–H and O–H groups in total. The Kier molecular flexibility index (Phi) is 77.9. The van der Waals surface area contributed by atoms with Crippen molar-refractivity contribution in [1.29, 1.82) is 0 Å². The van der Waals surface area contributed by atoms with Crippen molar-refractivity contribution in [2.75, 3.05) is 39.6 Å². The van der Waals surface area contributed by atoms with E-state index in [4.69, 9.17) is 37.0 Å². The molecule has 0 aromatic carbocycles. The number of aliphatic hydroxyl groups excluding tert-OH is 1. The highest BCUT2D eigenvalue weighted by Gasteiger charge is 2.30. The van der Waals surface area contributed by atoms with Crippen LogP contribution < -0.4 is 0 Å². The topological polar surface area (TPSA) is 237 Å². The van der Waals surface area contributed by atoms with Gasteiger partial charge in [-0.1, -0.05) is 420 Å². The van der Waals surface area contributed by atoms with Crippen LogP contribution in [0.15, 0.2) is 0 Å². The van der Waals surface area contributed by atoms with Crippen LogP contribution in [0.5, 0.6) is 0 Å². The number of hydrogen-bond acceptors (Lipinski definition) is 15. The standard InChI is InChI=1S/C88H172O17P2/c1-7-9-11-13-15-17-19-21-23-25-27-28-30-32-37-41-47-54-60-66-72-87(92)104-83(76-98-85(90)70-64-58-52-46-40-36-31-29-26-24-22-20-18-16-14-12-10-8-2)78-102-106(94,95)100-74-82(89)75-101-107(96,97)103-79-84(77-99-86(91)71-65-59-53-49-43-45-51-57-63-69-81(5)6)105-88(93)73-67-61-55-48-42-38-34-33-35-39-44-50-56-62-68-80(3)4/h80-84,89H,7-79H2,1-6H3,(H,94,95)(H,96,97)/t82-,83-,84-/m1/s1. The van der Waals surface area contributed by atoms with Crippen LogP contribution in [0, 0.1) is 11.8 Å². The molecule has 2 unspecified atom stereocenters. The zero-order chi connectivity index (χ0) is 78.5. The predicted octanol–water partition coefficient (Wildman–Crippen LogP) is 27.0. The van der Waals surface area contributed by atoms with Crippen LogP contribution in [0.25, 0.3) is 0 Å². The van der Waals surface area contributed by atoms with Crippen LogP contribution in [0.1, 0.15) is 472 Å². The molecule has 0 aliphatic carbocycles. The molecule has 0 fully saturated rings. The van der Waals surface area contributed by atoms with Crippen molar-refractivity contribution in [2.24, 2.45) is 11.8 Å². The van der Waals surface area contributed by atoms with Crippen molar-refractivity contribution in [3.8, 4) is 0 Å². The van der Waals surface area contributed by atoms with Gasteiger partial charge in [-0.15, -0.1) is 0 Å². The molecule has 17 nitrogen and oxygen atoms in total. The molecule has 0 aromatic heterocycles. The minimum absolute atomic E-state index is 0.108. The molecule has 0 aliphatic heterocycles. The minimum atomic E-state index is -4.97. The smallest absolute Gasteiger partial charge is 0.462 e. The number of ether oxygens (including phenoxy) is 4. The second kappa shape index (κ2) is 79.3. The Hall–Kier alpha value is -1.94. The molecule has 0 saturated carbocycles. The Bertz CT molecular complexity index is 2050. The predicted molar refractivity (Wildman–Crippen MR) is 442 cm³/mol. The van der Waals surface area contributed by atoms with Gasteiger partial charge in [0.25, 0.3) is 0 Å². The Balaban J connectivity index is 5.25. The number of carbonyl (C=O) groups is 4. The maximum Gasteiger partial charge on any atom is 0.472 e. The van der Waals surface area contributed by atoms with Crippen molar-refractivity contribution >= 4 is 39.5 Å². The zero-order valence-electron chi connectivity index (χ0n) is 70.5. The van der Waals surface area contributed by atoms with Crippen LogP contribution in [-0.2, 0) is 65.4 Å². The fraction of sp³-hybridized carbons (Fsp3) is 0.955. The lowest BCUT2D eigenvalue weighted by atomic mass is 10.0. The second-order valence-corrected chi connectivity index (χ2v) is 35.5.